The van der Waals surface area contributed by atoms with Gasteiger partial charge >= 0.3 is 0 Å². The van der Waals surface area contributed by atoms with Crippen molar-refractivity contribution in [3.8, 4) is 0 Å². The Hall–Kier alpha value is -2.27. The Morgan fingerprint density at radius 1 is 1.24 bits per heavy atom. The smallest absolute Gasteiger partial charge is 0.222 e. The lowest BCUT2D eigenvalue weighted by Crippen LogP contribution is -2.39. The number of carbonyl (C=O) groups excluding carboxylic acids is 1. The minimum absolute atomic E-state index is 0.245. The number of benzene rings is 1. The molecule has 25 heavy (non-hydrogen) atoms. The van der Waals surface area contributed by atoms with Gasteiger partial charge in [0.15, 0.2) is 0 Å². The number of aromatic nitrogens is 2. The lowest BCUT2D eigenvalue weighted by molar-refractivity contribution is -0.132. The number of carbonyl (C=O) groups is 1. The number of likely N-dealkylation sites (tertiary alicyclic amines) is 1. The Labute approximate surface area is 151 Å². The van der Waals surface area contributed by atoms with Crippen molar-refractivity contribution in [2.75, 3.05) is 13.1 Å². The van der Waals surface area contributed by atoms with E-state index in [9.17, 15) is 4.79 Å². The van der Waals surface area contributed by atoms with E-state index in [1.165, 1.54) is 9.71 Å². The molecule has 1 atom stereocenters. The first-order chi connectivity index (χ1) is 12.3. The predicted octanol–water partition coefficient (Wildman–Crippen LogP) is 4.03. The van der Waals surface area contributed by atoms with Crippen molar-refractivity contribution in [3.63, 3.8) is 0 Å². The zero-order valence-corrected chi connectivity index (χ0v) is 14.9. The number of fused-ring (bicyclic) bond motifs is 1. The highest BCUT2D eigenvalue weighted by molar-refractivity contribution is 7.18. The van der Waals surface area contributed by atoms with E-state index >= 15 is 0 Å². The first-order valence-corrected chi connectivity index (χ1v) is 9.63. The Morgan fingerprint density at radius 2 is 2.16 bits per heavy atom. The molecule has 0 saturated carbocycles. The van der Waals surface area contributed by atoms with E-state index in [0.717, 1.165) is 43.4 Å². The molecule has 5 heteroatoms. The topological polar surface area (TPSA) is 46.1 Å². The molecular formula is C20H21N3OS. The van der Waals surface area contributed by atoms with Gasteiger partial charge in [0.1, 0.15) is 0 Å². The largest absolute Gasteiger partial charge is 0.342 e. The van der Waals surface area contributed by atoms with Crippen LogP contribution in [0, 0.1) is 0 Å². The van der Waals surface area contributed by atoms with Crippen LogP contribution in [0.25, 0.3) is 10.2 Å². The Morgan fingerprint density at radius 3 is 3.00 bits per heavy atom. The molecule has 1 aliphatic rings. The second kappa shape index (κ2) is 7.31. The summed E-state index contributed by atoms with van der Waals surface area (Å²) in [5, 5.41) is 1.17. The molecule has 0 unspecified atom stereocenters. The van der Waals surface area contributed by atoms with Crippen LogP contribution in [0.1, 0.15) is 35.8 Å². The normalized spacial score (nSPS) is 17.8. The van der Waals surface area contributed by atoms with Crippen LogP contribution in [0.4, 0.5) is 0 Å². The van der Waals surface area contributed by atoms with E-state index < -0.39 is 0 Å². The first kappa shape index (κ1) is 16.2. The van der Waals surface area contributed by atoms with Gasteiger partial charge in [-0.15, -0.1) is 11.3 Å². The fraction of sp³-hybridized carbons (Fsp3) is 0.350. The second-order valence-electron chi connectivity index (χ2n) is 6.56. The minimum Gasteiger partial charge on any atom is -0.342 e. The number of para-hydroxylation sites is 1. The van der Waals surface area contributed by atoms with Crippen LogP contribution in [0.5, 0.6) is 0 Å². The summed E-state index contributed by atoms with van der Waals surface area (Å²) < 4.78 is 1.23. The molecule has 1 fully saturated rings. The summed E-state index contributed by atoms with van der Waals surface area (Å²) in [6, 6.07) is 12.2. The van der Waals surface area contributed by atoms with Crippen LogP contribution < -0.4 is 0 Å². The number of amides is 1. The van der Waals surface area contributed by atoms with Crippen LogP contribution in [0.15, 0.2) is 48.8 Å². The monoisotopic (exact) mass is 351 g/mol. The number of piperidine rings is 1. The van der Waals surface area contributed by atoms with Crippen molar-refractivity contribution in [2.24, 2.45) is 0 Å². The number of hydrogen-bond acceptors (Lipinski definition) is 4. The van der Waals surface area contributed by atoms with E-state index in [2.05, 4.69) is 23.2 Å². The number of nitrogens with zero attached hydrogens (tertiary/aromatic N) is 3. The molecule has 4 nitrogen and oxygen atoms in total. The van der Waals surface area contributed by atoms with Crippen molar-refractivity contribution >= 4 is 27.5 Å². The van der Waals surface area contributed by atoms with E-state index in [0.29, 0.717) is 12.3 Å². The zero-order chi connectivity index (χ0) is 17.1. The lowest BCUT2D eigenvalue weighted by Gasteiger charge is -2.32. The van der Waals surface area contributed by atoms with Gasteiger partial charge in [-0.1, -0.05) is 18.2 Å². The molecular weight excluding hydrogens is 330 g/mol. The Balaban J connectivity index is 1.41. The maximum Gasteiger partial charge on any atom is 0.222 e. The molecule has 1 aromatic carbocycles. The number of aryl methyl sites for hydroxylation is 1. The van der Waals surface area contributed by atoms with Crippen molar-refractivity contribution in [3.05, 3.63) is 59.4 Å². The van der Waals surface area contributed by atoms with Crippen molar-refractivity contribution in [2.45, 2.75) is 31.6 Å². The van der Waals surface area contributed by atoms with Gasteiger partial charge in [0, 0.05) is 37.8 Å². The maximum absolute atomic E-state index is 12.6. The summed E-state index contributed by atoms with van der Waals surface area (Å²) >= 11 is 1.77. The van der Waals surface area contributed by atoms with Crippen molar-refractivity contribution < 1.29 is 4.79 Å². The number of pyridine rings is 1. The molecule has 1 aliphatic heterocycles. The summed E-state index contributed by atoms with van der Waals surface area (Å²) in [5.41, 5.74) is 2.19. The fourth-order valence-corrected chi connectivity index (χ4v) is 4.52. The molecule has 2 aromatic heterocycles. The van der Waals surface area contributed by atoms with Gasteiger partial charge in [0.25, 0.3) is 0 Å². The summed E-state index contributed by atoms with van der Waals surface area (Å²) in [5.74, 6) is 0.614. The summed E-state index contributed by atoms with van der Waals surface area (Å²) in [6.07, 6.45) is 7.09. The quantitative estimate of drug-likeness (QED) is 0.713. The van der Waals surface area contributed by atoms with Crippen molar-refractivity contribution in [1.29, 1.82) is 0 Å². The highest BCUT2D eigenvalue weighted by atomic mass is 32.1. The molecule has 4 rings (SSSR count). The third-order valence-electron chi connectivity index (χ3n) is 4.78. The van der Waals surface area contributed by atoms with Crippen LogP contribution in [-0.4, -0.2) is 33.9 Å². The average Bonchev–Trinajstić information content (AvgIpc) is 3.11. The molecule has 0 spiro atoms. The SMILES string of the molecule is O=C(CCc1cccnc1)N1CCC[C@H](c2nc3ccccc3s2)C1. The maximum atomic E-state index is 12.6. The van der Waals surface area contributed by atoms with Crippen LogP contribution >= 0.6 is 11.3 Å². The van der Waals surface area contributed by atoms with E-state index in [-0.39, 0.29) is 5.91 Å². The standard InChI is InChI=1S/C20H21N3OS/c24-19(10-9-15-5-3-11-21-13-15)23-12-4-6-16(14-23)20-22-17-7-1-2-8-18(17)25-20/h1-3,5,7-8,11,13,16H,4,6,9-10,12,14H2/t16-/m0/s1. The third kappa shape index (κ3) is 3.71. The zero-order valence-electron chi connectivity index (χ0n) is 14.1. The first-order valence-electron chi connectivity index (χ1n) is 8.82. The van der Waals surface area contributed by atoms with Crippen LogP contribution in [-0.2, 0) is 11.2 Å². The van der Waals surface area contributed by atoms with E-state index in [1.54, 1.807) is 17.5 Å². The Bertz CT molecular complexity index is 829. The molecule has 3 aromatic rings. The van der Waals surface area contributed by atoms with Gasteiger partial charge in [-0.25, -0.2) is 4.98 Å². The fourth-order valence-electron chi connectivity index (χ4n) is 3.43. The predicted molar refractivity (Wildman–Crippen MR) is 101 cm³/mol. The Kier molecular flexibility index (Phi) is 4.74. The highest BCUT2D eigenvalue weighted by Gasteiger charge is 2.26. The lowest BCUT2D eigenvalue weighted by atomic mass is 9.98. The number of thiazole rings is 1. The average molecular weight is 351 g/mol. The molecule has 1 saturated heterocycles. The summed E-state index contributed by atoms with van der Waals surface area (Å²) in [6.45, 7) is 1.67. The van der Waals surface area contributed by atoms with Crippen LogP contribution in [0.3, 0.4) is 0 Å². The summed E-state index contributed by atoms with van der Waals surface area (Å²) in [4.78, 5) is 23.5. The molecule has 128 valence electrons. The molecule has 3 heterocycles. The number of hydrogen-bond donors (Lipinski definition) is 0. The van der Waals surface area contributed by atoms with E-state index in [4.69, 9.17) is 4.98 Å². The summed E-state index contributed by atoms with van der Waals surface area (Å²) in [7, 11) is 0. The minimum atomic E-state index is 0.245. The van der Waals surface area contributed by atoms with Crippen molar-refractivity contribution in [1.82, 2.24) is 14.9 Å². The number of rotatable bonds is 4. The van der Waals surface area contributed by atoms with Gasteiger partial charge in [-0.2, -0.15) is 0 Å². The third-order valence-corrected chi connectivity index (χ3v) is 5.98. The highest BCUT2D eigenvalue weighted by Crippen LogP contribution is 2.33. The molecule has 1 amide bonds. The van der Waals surface area contributed by atoms with Gasteiger partial charge in [0.05, 0.1) is 15.2 Å². The van der Waals surface area contributed by atoms with Gasteiger partial charge < -0.3 is 4.90 Å². The molecule has 0 aliphatic carbocycles. The van der Waals surface area contributed by atoms with Crippen LogP contribution in [0.2, 0.25) is 0 Å². The van der Waals surface area contributed by atoms with Gasteiger partial charge in [-0.3, -0.25) is 9.78 Å². The van der Waals surface area contributed by atoms with Gasteiger partial charge in [-0.05, 0) is 43.0 Å². The molecule has 0 N–H and O–H groups in total. The molecule has 0 bridgehead atoms. The second-order valence-corrected chi connectivity index (χ2v) is 7.62. The van der Waals surface area contributed by atoms with Gasteiger partial charge in [0.2, 0.25) is 5.91 Å². The molecule has 0 radical (unpaired) electrons. The van der Waals surface area contributed by atoms with E-state index in [1.807, 2.05) is 29.3 Å².